The van der Waals surface area contributed by atoms with Gasteiger partial charge in [-0.05, 0) is 6.07 Å². The van der Waals surface area contributed by atoms with Crippen molar-refractivity contribution < 1.29 is 22.4 Å². The van der Waals surface area contributed by atoms with E-state index < -0.39 is 30.0 Å². The van der Waals surface area contributed by atoms with Gasteiger partial charge in [0.25, 0.3) is 5.91 Å². The lowest BCUT2D eigenvalue weighted by atomic mass is 10.2. The molecule has 1 aromatic heterocycles. The highest BCUT2D eigenvalue weighted by Gasteiger charge is 2.32. The summed E-state index contributed by atoms with van der Waals surface area (Å²) in [5.41, 5.74) is -0.404. The van der Waals surface area contributed by atoms with Gasteiger partial charge in [-0.3, -0.25) is 4.79 Å². The quantitative estimate of drug-likeness (QED) is 0.611. The Balaban J connectivity index is 2.93. The predicted molar refractivity (Wildman–Crippen MR) is 52.2 cm³/mol. The minimum absolute atomic E-state index is 0.342. The van der Waals surface area contributed by atoms with Crippen LogP contribution in [0.1, 0.15) is 10.4 Å². The molecule has 0 aliphatic carbocycles. The molecule has 1 rings (SSSR count). The number of amides is 1. The van der Waals surface area contributed by atoms with Crippen LogP contribution in [-0.4, -0.2) is 35.6 Å². The molecule has 0 aromatic carbocycles. The highest BCUT2D eigenvalue weighted by atomic mass is 35.5. The molecule has 1 aromatic rings. The van der Waals surface area contributed by atoms with E-state index in [-0.39, 0.29) is 5.15 Å². The lowest BCUT2D eigenvalue weighted by Crippen LogP contribution is -2.36. The number of hydrogen-bond donors (Lipinski definition) is 0. The molecule has 1 amide bonds. The maximum atomic E-state index is 12.8. The van der Waals surface area contributed by atoms with E-state index in [1.165, 1.54) is 0 Å². The third-order valence-electron chi connectivity index (χ3n) is 1.80. The maximum absolute atomic E-state index is 12.8. The average molecular weight is 271 g/mol. The van der Waals surface area contributed by atoms with Gasteiger partial charge in [-0.15, -0.1) is 0 Å². The molecule has 0 spiro atoms. The SMILES string of the molecule is CN(CC(F)(F)F)C(=O)c1cc(F)cnc1Cl. The Morgan fingerprint density at radius 1 is 1.53 bits per heavy atom. The standard InChI is InChI=1S/C9H7ClF4N2O/c1-16(4-9(12,13)14)8(17)6-2-5(11)3-15-7(6)10/h2-3H,4H2,1H3. The lowest BCUT2D eigenvalue weighted by molar-refractivity contribution is -0.138. The van der Waals surface area contributed by atoms with Crippen molar-refractivity contribution in [1.29, 1.82) is 0 Å². The zero-order valence-electron chi connectivity index (χ0n) is 8.55. The van der Waals surface area contributed by atoms with Gasteiger partial charge in [0.1, 0.15) is 17.5 Å². The smallest absolute Gasteiger partial charge is 0.333 e. The summed E-state index contributed by atoms with van der Waals surface area (Å²) in [4.78, 5) is 15.3. The third kappa shape index (κ3) is 3.85. The number of nitrogens with zero attached hydrogens (tertiary/aromatic N) is 2. The predicted octanol–water partition coefficient (Wildman–Crippen LogP) is 2.51. The van der Waals surface area contributed by atoms with Crippen LogP contribution in [0, 0.1) is 5.82 Å². The molecule has 3 nitrogen and oxygen atoms in total. The van der Waals surface area contributed by atoms with E-state index in [0.29, 0.717) is 4.90 Å². The lowest BCUT2D eigenvalue weighted by Gasteiger charge is -2.19. The average Bonchev–Trinajstić information content (AvgIpc) is 2.18. The molecule has 0 N–H and O–H groups in total. The van der Waals surface area contributed by atoms with Crippen molar-refractivity contribution in [3.8, 4) is 0 Å². The van der Waals surface area contributed by atoms with Gasteiger partial charge in [0.2, 0.25) is 0 Å². The van der Waals surface area contributed by atoms with Crippen molar-refractivity contribution in [1.82, 2.24) is 9.88 Å². The first-order chi connectivity index (χ1) is 7.70. The summed E-state index contributed by atoms with van der Waals surface area (Å²) in [7, 11) is 0.942. The van der Waals surface area contributed by atoms with Crippen LogP contribution < -0.4 is 0 Å². The molecular weight excluding hydrogens is 264 g/mol. The Kier molecular flexibility index (Phi) is 3.92. The van der Waals surface area contributed by atoms with Gasteiger partial charge >= 0.3 is 6.18 Å². The summed E-state index contributed by atoms with van der Waals surface area (Å²) in [6.07, 6.45) is -3.76. The monoisotopic (exact) mass is 270 g/mol. The van der Waals surface area contributed by atoms with Crippen molar-refractivity contribution in [3.63, 3.8) is 0 Å². The number of rotatable bonds is 2. The first-order valence-corrected chi connectivity index (χ1v) is 4.72. The van der Waals surface area contributed by atoms with E-state index in [1.807, 2.05) is 0 Å². The fraction of sp³-hybridized carbons (Fsp3) is 0.333. The van der Waals surface area contributed by atoms with Crippen LogP contribution in [0.25, 0.3) is 0 Å². The fourth-order valence-corrected chi connectivity index (χ4v) is 1.30. The molecular formula is C9H7ClF4N2O. The summed E-state index contributed by atoms with van der Waals surface area (Å²) < 4.78 is 48.9. The van der Waals surface area contributed by atoms with E-state index in [0.717, 1.165) is 19.3 Å². The Morgan fingerprint density at radius 3 is 2.65 bits per heavy atom. The van der Waals surface area contributed by atoms with E-state index in [9.17, 15) is 22.4 Å². The van der Waals surface area contributed by atoms with Crippen molar-refractivity contribution in [3.05, 3.63) is 28.8 Å². The van der Waals surface area contributed by atoms with Crippen molar-refractivity contribution in [2.45, 2.75) is 6.18 Å². The van der Waals surface area contributed by atoms with Crippen LogP contribution in [0.15, 0.2) is 12.3 Å². The second-order valence-corrected chi connectivity index (χ2v) is 3.63. The Labute approximate surface area is 99.0 Å². The summed E-state index contributed by atoms with van der Waals surface area (Å²) in [5, 5.41) is -0.342. The molecule has 8 heteroatoms. The van der Waals surface area contributed by atoms with E-state index in [2.05, 4.69) is 4.98 Å². The van der Waals surface area contributed by atoms with Crippen molar-refractivity contribution in [2.24, 2.45) is 0 Å². The van der Waals surface area contributed by atoms with E-state index >= 15 is 0 Å². The van der Waals surface area contributed by atoms with Crippen LogP contribution in [-0.2, 0) is 0 Å². The Morgan fingerprint density at radius 2 is 2.12 bits per heavy atom. The molecule has 0 aliphatic heterocycles. The van der Waals surface area contributed by atoms with Gasteiger partial charge in [0.05, 0.1) is 11.8 Å². The number of alkyl halides is 3. The molecule has 0 saturated heterocycles. The van der Waals surface area contributed by atoms with Gasteiger partial charge in [-0.25, -0.2) is 9.37 Å². The van der Waals surface area contributed by atoms with Crippen LogP contribution in [0.3, 0.4) is 0 Å². The van der Waals surface area contributed by atoms with Crippen LogP contribution >= 0.6 is 11.6 Å². The largest absolute Gasteiger partial charge is 0.406 e. The van der Waals surface area contributed by atoms with Gasteiger partial charge in [0, 0.05) is 7.05 Å². The topological polar surface area (TPSA) is 33.2 Å². The third-order valence-corrected chi connectivity index (χ3v) is 2.10. The Bertz CT molecular complexity index is 435. The van der Waals surface area contributed by atoms with Crippen LogP contribution in [0.5, 0.6) is 0 Å². The minimum Gasteiger partial charge on any atom is -0.333 e. The van der Waals surface area contributed by atoms with Crippen LogP contribution in [0.2, 0.25) is 5.15 Å². The number of pyridine rings is 1. The molecule has 17 heavy (non-hydrogen) atoms. The van der Waals surface area contributed by atoms with Crippen molar-refractivity contribution >= 4 is 17.5 Å². The number of carbonyl (C=O) groups excluding carboxylic acids is 1. The van der Waals surface area contributed by atoms with Crippen molar-refractivity contribution in [2.75, 3.05) is 13.6 Å². The fourth-order valence-electron chi connectivity index (χ4n) is 1.12. The molecule has 0 atom stereocenters. The second kappa shape index (κ2) is 4.87. The first kappa shape index (κ1) is 13.7. The molecule has 0 aliphatic rings. The molecule has 0 saturated carbocycles. The number of halogens is 5. The number of hydrogen-bond acceptors (Lipinski definition) is 2. The minimum atomic E-state index is -4.53. The molecule has 0 radical (unpaired) electrons. The van der Waals surface area contributed by atoms with Gasteiger partial charge in [-0.2, -0.15) is 13.2 Å². The molecule has 94 valence electrons. The van der Waals surface area contributed by atoms with E-state index in [1.54, 1.807) is 0 Å². The van der Waals surface area contributed by atoms with Gasteiger partial charge in [0.15, 0.2) is 0 Å². The summed E-state index contributed by atoms with van der Waals surface area (Å²) >= 11 is 5.50. The van der Waals surface area contributed by atoms with Gasteiger partial charge < -0.3 is 4.90 Å². The first-order valence-electron chi connectivity index (χ1n) is 4.34. The molecule has 1 heterocycles. The van der Waals surface area contributed by atoms with Gasteiger partial charge in [-0.1, -0.05) is 11.6 Å². The highest BCUT2D eigenvalue weighted by molar-refractivity contribution is 6.32. The molecule has 0 bridgehead atoms. The Hall–Kier alpha value is -1.37. The van der Waals surface area contributed by atoms with Crippen LogP contribution in [0.4, 0.5) is 17.6 Å². The number of carbonyl (C=O) groups is 1. The summed E-state index contributed by atoms with van der Waals surface area (Å²) in [6, 6.07) is 0.741. The molecule has 0 fully saturated rings. The normalized spacial score (nSPS) is 11.4. The zero-order valence-corrected chi connectivity index (χ0v) is 9.31. The zero-order chi connectivity index (χ0) is 13.2. The van der Waals surface area contributed by atoms with E-state index in [4.69, 9.17) is 11.6 Å². The number of aromatic nitrogens is 1. The second-order valence-electron chi connectivity index (χ2n) is 3.27. The summed E-state index contributed by atoms with van der Waals surface area (Å²) in [5.74, 6) is -1.89. The highest BCUT2D eigenvalue weighted by Crippen LogP contribution is 2.19. The molecule has 0 unspecified atom stereocenters. The maximum Gasteiger partial charge on any atom is 0.406 e. The summed E-state index contributed by atoms with van der Waals surface area (Å²) in [6.45, 7) is -1.45.